The van der Waals surface area contributed by atoms with Crippen molar-refractivity contribution in [1.29, 1.82) is 0 Å². The van der Waals surface area contributed by atoms with Crippen LogP contribution in [0.25, 0.3) is 10.9 Å². The van der Waals surface area contributed by atoms with Gasteiger partial charge in [0.25, 0.3) is 0 Å². The number of pyridine rings is 1. The van der Waals surface area contributed by atoms with Crippen molar-refractivity contribution in [2.24, 2.45) is 5.41 Å². The van der Waals surface area contributed by atoms with Crippen molar-refractivity contribution in [3.8, 4) is 5.75 Å². The highest BCUT2D eigenvalue weighted by molar-refractivity contribution is 7.98. The van der Waals surface area contributed by atoms with Crippen molar-refractivity contribution in [3.05, 3.63) is 69.5 Å². The summed E-state index contributed by atoms with van der Waals surface area (Å²) in [5.41, 5.74) is -2.03. The van der Waals surface area contributed by atoms with E-state index in [1.807, 2.05) is 0 Å². The number of hydrogen-bond acceptors (Lipinski definition) is 4. The monoisotopic (exact) mass is 486 g/mol. The van der Waals surface area contributed by atoms with Crippen molar-refractivity contribution in [3.63, 3.8) is 0 Å². The standard InChI is InChI=1S/C23H23F5N2O2S/c1-12-9-15-13(6-8-18(31)29-15)16(10-12)30-21(22(2,11-33-4)23(26,27)28)14-5-7-17(32-3)20(25)19(14)24/h5-10,21,30H,11H2,1-4H3,(H,29,31). The molecule has 3 aromatic rings. The summed E-state index contributed by atoms with van der Waals surface area (Å²) in [6, 6.07) is 6.50. The van der Waals surface area contributed by atoms with Crippen LogP contribution in [0.4, 0.5) is 27.6 Å². The van der Waals surface area contributed by atoms with Crippen molar-refractivity contribution in [1.82, 2.24) is 4.98 Å². The maximum Gasteiger partial charge on any atom is 0.397 e. The van der Waals surface area contributed by atoms with E-state index >= 15 is 4.39 Å². The number of nitrogens with one attached hydrogen (secondary N) is 2. The minimum atomic E-state index is -4.76. The van der Waals surface area contributed by atoms with E-state index in [2.05, 4.69) is 10.3 Å². The highest BCUT2D eigenvalue weighted by Crippen LogP contribution is 2.51. The molecule has 10 heteroatoms. The zero-order chi connectivity index (χ0) is 24.6. The maximum atomic E-state index is 15.1. The molecule has 0 amide bonds. The fourth-order valence-corrected chi connectivity index (χ4v) is 4.76. The summed E-state index contributed by atoms with van der Waals surface area (Å²) in [6.45, 7) is 2.69. The summed E-state index contributed by atoms with van der Waals surface area (Å²) >= 11 is 0.947. The predicted molar refractivity (Wildman–Crippen MR) is 121 cm³/mol. The number of ether oxygens (including phenoxy) is 1. The van der Waals surface area contributed by atoms with Gasteiger partial charge in [-0.25, -0.2) is 4.39 Å². The molecule has 0 fully saturated rings. The van der Waals surface area contributed by atoms with E-state index in [9.17, 15) is 22.4 Å². The normalized spacial score (nSPS) is 14.7. The first kappa shape index (κ1) is 24.9. The third kappa shape index (κ3) is 4.66. The van der Waals surface area contributed by atoms with Gasteiger partial charge in [-0.15, -0.1) is 0 Å². The van der Waals surface area contributed by atoms with Gasteiger partial charge in [0.2, 0.25) is 11.4 Å². The lowest BCUT2D eigenvalue weighted by molar-refractivity contribution is -0.215. The van der Waals surface area contributed by atoms with Crippen LogP contribution in [0.2, 0.25) is 0 Å². The molecule has 4 nitrogen and oxygen atoms in total. The summed E-state index contributed by atoms with van der Waals surface area (Å²) in [7, 11) is 1.14. The second kappa shape index (κ2) is 9.24. The Morgan fingerprint density at radius 1 is 1.12 bits per heavy atom. The highest BCUT2D eigenvalue weighted by Gasteiger charge is 2.57. The largest absolute Gasteiger partial charge is 0.494 e. The number of halogens is 5. The summed E-state index contributed by atoms with van der Waals surface area (Å²) in [5, 5.41) is 3.27. The molecule has 2 unspecified atom stereocenters. The second-order valence-corrected chi connectivity index (χ2v) is 8.87. The number of H-pyrrole nitrogens is 1. The molecule has 0 bridgehead atoms. The van der Waals surface area contributed by atoms with Crippen LogP contribution in [-0.4, -0.2) is 30.3 Å². The number of aromatic amines is 1. The van der Waals surface area contributed by atoms with E-state index in [1.54, 1.807) is 19.1 Å². The molecule has 0 radical (unpaired) electrons. The topological polar surface area (TPSA) is 54.1 Å². The average molecular weight is 487 g/mol. The third-order valence-corrected chi connectivity index (χ3v) is 6.51. The molecule has 0 aliphatic rings. The maximum absolute atomic E-state index is 15.1. The van der Waals surface area contributed by atoms with Gasteiger partial charge < -0.3 is 15.0 Å². The number of thioether (sulfide) groups is 1. The Kier molecular flexibility index (Phi) is 6.97. The Labute approximate surface area is 191 Å². The van der Waals surface area contributed by atoms with Gasteiger partial charge in [0.05, 0.1) is 24.1 Å². The molecule has 3 rings (SSSR count). The fraction of sp³-hybridized carbons (Fsp3) is 0.348. The first-order valence-electron chi connectivity index (χ1n) is 9.90. The lowest BCUT2D eigenvalue weighted by atomic mass is 9.78. The van der Waals surface area contributed by atoms with Crippen molar-refractivity contribution >= 4 is 28.4 Å². The molecular formula is C23H23F5N2O2S. The summed E-state index contributed by atoms with van der Waals surface area (Å²) in [6.07, 6.45) is -3.25. The predicted octanol–water partition coefficient (Wildman–Crippen LogP) is 6.21. The Balaban J connectivity index is 2.29. The molecule has 0 saturated heterocycles. The lowest BCUT2D eigenvalue weighted by Crippen LogP contribution is -2.46. The molecule has 0 saturated carbocycles. The van der Waals surface area contributed by atoms with Crippen molar-refractivity contribution in [2.45, 2.75) is 26.1 Å². The minimum Gasteiger partial charge on any atom is -0.494 e. The Hall–Kier alpha value is -2.75. The van der Waals surface area contributed by atoms with Gasteiger partial charge in [0, 0.05) is 28.5 Å². The van der Waals surface area contributed by atoms with E-state index in [1.165, 1.54) is 18.4 Å². The first-order valence-corrected chi connectivity index (χ1v) is 11.3. The van der Waals surface area contributed by atoms with Gasteiger partial charge in [0.15, 0.2) is 11.6 Å². The SMILES string of the molecule is COc1ccc(C(Nc2cc(C)cc3[nH]c(=O)ccc23)C(C)(CSC)C(F)(F)F)c(F)c1F. The molecule has 0 aliphatic heterocycles. The molecule has 0 aliphatic carbocycles. The number of alkyl halides is 3. The van der Waals surface area contributed by atoms with Crippen LogP contribution in [0.5, 0.6) is 5.75 Å². The van der Waals surface area contributed by atoms with Gasteiger partial charge in [-0.1, -0.05) is 6.07 Å². The van der Waals surface area contributed by atoms with Crippen LogP contribution in [0.1, 0.15) is 24.1 Å². The van der Waals surface area contributed by atoms with E-state index < -0.39 is 46.3 Å². The van der Waals surface area contributed by atoms with Gasteiger partial charge in [0.1, 0.15) is 0 Å². The number of fused-ring (bicyclic) bond motifs is 1. The summed E-state index contributed by atoms with van der Waals surface area (Å²) in [5.74, 6) is -3.61. The van der Waals surface area contributed by atoms with Gasteiger partial charge in [-0.2, -0.15) is 29.3 Å². The lowest BCUT2D eigenvalue weighted by Gasteiger charge is -2.40. The smallest absolute Gasteiger partial charge is 0.397 e. The molecule has 2 N–H and O–H groups in total. The van der Waals surface area contributed by atoms with E-state index in [-0.39, 0.29) is 11.2 Å². The number of rotatable bonds is 7. The molecule has 2 aromatic carbocycles. The van der Waals surface area contributed by atoms with Crippen LogP contribution in [0.3, 0.4) is 0 Å². The molecular weight excluding hydrogens is 463 g/mol. The van der Waals surface area contributed by atoms with Crippen molar-refractivity contribution < 1.29 is 26.7 Å². The number of aryl methyl sites for hydroxylation is 1. The van der Waals surface area contributed by atoms with Crippen LogP contribution in [-0.2, 0) is 0 Å². The molecule has 1 heterocycles. The first-order chi connectivity index (χ1) is 15.4. The van der Waals surface area contributed by atoms with Gasteiger partial charge in [-0.3, -0.25) is 4.79 Å². The number of benzene rings is 2. The van der Waals surface area contributed by atoms with E-state index in [0.717, 1.165) is 37.9 Å². The van der Waals surface area contributed by atoms with E-state index in [4.69, 9.17) is 4.74 Å². The van der Waals surface area contributed by atoms with Crippen LogP contribution < -0.4 is 15.6 Å². The Morgan fingerprint density at radius 3 is 2.42 bits per heavy atom. The van der Waals surface area contributed by atoms with Crippen LogP contribution in [0, 0.1) is 24.0 Å². The van der Waals surface area contributed by atoms with Crippen LogP contribution >= 0.6 is 11.8 Å². The van der Waals surface area contributed by atoms with Gasteiger partial charge in [-0.05, 0) is 49.9 Å². The second-order valence-electron chi connectivity index (χ2n) is 8.01. The number of aromatic nitrogens is 1. The van der Waals surface area contributed by atoms with Gasteiger partial charge >= 0.3 is 6.18 Å². The summed E-state index contributed by atoms with van der Waals surface area (Å²) in [4.78, 5) is 14.4. The number of methoxy groups -OCH3 is 1. The zero-order valence-corrected chi connectivity index (χ0v) is 19.2. The zero-order valence-electron chi connectivity index (χ0n) is 18.4. The van der Waals surface area contributed by atoms with Crippen LogP contribution in [0.15, 0.2) is 41.2 Å². The molecule has 1 aromatic heterocycles. The number of anilines is 1. The average Bonchev–Trinajstić information content (AvgIpc) is 2.73. The molecule has 33 heavy (non-hydrogen) atoms. The molecule has 2 atom stereocenters. The van der Waals surface area contributed by atoms with Crippen molar-refractivity contribution in [2.75, 3.05) is 24.4 Å². The Bertz CT molecular complexity index is 1230. The molecule has 178 valence electrons. The van der Waals surface area contributed by atoms with E-state index in [0.29, 0.717) is 16.5 Å². The highest BCUT2D eigenvalue weighted by atomic mass is 32.2. The minimum absolute atomic E-state index is 0.249. The quantitative estimate of drug-likeness (QED) is 0.390. The summed E-state index contributed by atoms with van der Waals surface area (Å²) < 4.78 is 77.6. The fourth-order valence-electron chi connectivity index (χ4n) is 3.83. The molecule has 0 spiro atoms. The number of hydrogen-bond donors (Lipinski definition) is 2. The Morgan fingerprint density at radius 2 is 1.82 bits per heavy atom. The third-order valence-electron chi connectivity index (χ3n) is 5.62.